The first-order valence-corrected chi connectivity index (χ1v) is 8.39. The predicted molar refractivity (Wildman–Crippen MR) is 83.3 cm³/mol. The highest BCUT2D eigenvalue weighted by Crippen LogP contribution is 2.27. The lowest BCUT2D eigenvalue weighted by Gasteiger charge is -2.16. The number of benzene rings is 1. The maximum atomic E-state index is 12.4. The zero-order valence-electron chi connectivity index (χ0n) is 11.2. The molecule has 0 unspecified atom stereocenters. The van der Waals surface area contributed by atoms with Crippen LogP contribution in [0.5, 0.6) is 0 Å². The van der Waals surface area contributed by atoms with E-state index in [1.807, 2.05) is 0 Å². The molecule has 1 aromatic carbocycles. The van der Waals surface area contributed by atoms with Gasteiger partial charge in [-0.05, 0) is 24.3 Å². The number of sulfonamides is 1. The fraction of sp³-hybridized carbons (Fsp3) is 0.250. The number of rotatable bonds is 4. The van der Waals surface area contributed by atoms with E-state index in [1.165, 1.54) is 36.0 Å². The van der Waals surface area contributed by atoms with Crippen LogP contribution in [0.4, 0.5) is 0 Å². The topological polar surface area (TPSA) is 55.2 Å². The molecule has 0 bridgehead atoms. The van der Waals surface area contributed by atoms with Crippen LogP contribution in [0, 0.1) is 0 Å². The van der Waals surface area contributed by atoms with Crippen molar-refractivity contribution in [3.8, 4) is 0 Å². The average molecular weight is 369 g/mol. The minimum Gasteiger partial charge on any atom is -0.255 e. The van der Waals surface area contributed by atoms with E-state index in [9.17, 15) is 8.42 Å². The van der Waals surface area contributed by atoms with E-state index >= 15 is 0 Å². The molecule has 1 heterocycles. The Morgan fingerprint density at radius 3 is 2.24 bits per heavy atom. The molecule has 0 aliphatic heterocycles. The van der Waals surface area contributed by atoms with Crippen molar-refractivity contribution < 1.29 is 8.42 Å². The Labute approximate surface area is 138 Å². The zero-order chi connectivity index (χ0) is 15.8. The van der Waals surface area contributed by atoms with Crippen molar-refractivity contribution >= 4 is 44.8 Å². The minimum absolute atomic E-state index is 0.0182. The van der Waals surface area contributed by atoms with E-state index < -0.39 is 10.0 Å². The smallest absolute Gasteiger partial charge is 0.243 e. The van der Waals surface area contributed by atoms with Crippen molar-refractivity contribution in [2.24, 2.45) is 7.05 Å². The first kappa shape index (κ1) is 16.6. The normalized spacial score (nSPS) is 12.1. The third kappa shape index (κ3) is 3.35. The molecule has 0 radical (unpaired) electrons. The molecule has 5 nitrogen and oxygen atoms in total. The van der Waals surface area contributed by atoms with Crippen LogP contribution in [-0.2, 0) is 23.6 Å². The highest BCUT2D eigenvalue weighted by Gasteiger charge is 2.23. The summed E-state index contributed by atoms with van der Waals surface area (Å²) in [5.41, 5.74) is 0.393. The van der Waals surface area contributed by atoms with Gasteiger partial charge in [-0.15, -0.1) is 0 Å². The first-order chi connectivity index (χ1) is 9.73. The number of nitrogens with zero attached hydrogens (tertiary/aromatic N) is 3. The third-order valence-corrected chi connectivity index (χ3v) is 5.88. The molecular formula is C12H12Cl3N3O2S. The number of hydrogen-bond acceptors (Lipinski definition) is 3. The second-order valence-electron chi connectivity index (χ2n) is 4.39. The highest BCUT2D eigenvalue weighted by molar-refractivity contribution is 7.89. The van der Waals surface area contributed by atoms with Gasteiger partial charge >= 0.3 is 0 Å². The van der Waals surface area contributed by atoms with Crippen LogP contribution in [-0.4, -0.2) is 29.6 Å². The lowest BCUT2D eigenvalue weighted by Crippen LogP contribution is -2.26. The van der Waals surface area contributed by atoms with Gasteiger partial charge in [0.05, 0.1) is 17.1 Å². The summed E-state index contributed by atoms with van der Waals surface area (Å²) in [5, 5.41) is 5.08. The van der Waals surface area contributed by atoms with Gasteiger partial charge in [-0.25, -0.2) is 8.42 Å². The Kier molecular flexibility index (Phi) is 4.85. The molecule has 21 heavy (non-hydrogen) atoms. The molecule has 2 aromatic rings. The summed E-state index contributed by atoms with van der Waals surface area (Å²) in [6.45, 7) is 0.0182. The van der Waals surface area contributed by atoms with Gasteiger partial charge in [0.1, 0.15) is 10.2 Å². The van der Waals surface area contributed by atoms with Gasteiger partial charge < -0.3 is 0 Å². The zero-order valence-corrected chi connectivity index (χ0v) is 14.3. The van der Waals surface area contributed by atoms with E-state index in [1.54, 1.807) is 7.05 Å². The monoisotopic (exact) mass is 367 g/mol. The fourth-order valence-corrected chi connectivity index (χ4v) is 3.34. The minimum atomic E-state index is -3.65. The molecule has 0 fully saturated rings. The largest absolute Gasteiger partial charge is 0.255 e. The van der Waals surface area contributed by atoms with Gasteiger partial charge in [0.15, 0.2) is 0 Å². The Morgan fingerprint density at radius 2 is 1.76 bits per heavy atom. The standard InChI is InChI=1S/C12H12Cl3N3O2S/c1-17(7-10-11(14)12(15)18(2)16-10)21(19,20)9-5-3-8(13)4-6-9/h3-6H,7H2,1-2H3. The Balaban J connectivity index is 2.28. The number of aromatic nitrogens is 2. The highest BCUT2D eigenvalue weighted by atomic mass is 35.5. The van der Waals surface area contributed by atoms with Gasteiger partial charge in [-0.3, -0.25) is 4.68 Å². The molecule has 0 aliphatic carbocycles. The molecular weight excluding hydrogens is 357 g/mol. The van der Waals surface area contributed by atoms with Gasteiger partial charge in [-0.2, -0.15) is 9.40 Å². The molecule has 1 aromatic heterocycles. The van der Waals surface area contributed by atoms with Gasteiger partial charge in [-0.1, -0.05) is 34.8 Å². The van der Waals surface area contributed by atoms with Crippen molar-refractivity contribution in [2.45, 2.75) is 11.4 Å². The van der Waals surface area contributed by atoms with Gasteiger partial charge in [0, 0.05) is 19.1 Å². The summed E-state index contributed by atoms with van der Waals surface area (Å²) in [6.07, 6.45) is 0. The van der Waals surface area contributed by atoms with Crippen LogP contribution in [0.2, 0.25) is 15.2 Å². The number of hydrogen-bond donors (Lipinski definition) is 0. The van der Waals surface area contributed by atoms with Gasteiger partial charge in [0.25, 0.3) is 0 Å². The summed E-state index contributed by atoms with van der Waals surface area (Å²) in [6, 6.07) is 5.93. The molecule has 9 heteroatoms. The number of halogens is 3. The summed E-state index contributed by atoms with van der Waals surface area (Å²) in [7, 11) is -0.573. The predicted octanol–water partition coefficient (Wildman–Crippen LogP) is 3.20. The second kappa shape index (κ2) is 6.14. The maximum Gasteiger partial charge on any atom is 0.243 e. The van der Waals surface area contributed by atoms with Crippen LogP contribution >= 0.6 is 34.8 Å². The second-order valence-corrected chi connectivity index (χ2v) is 7.61. The SMILES string of the molecule is CN(Cc1nn(C)c(Cl)c1Cl)S(=O)(=O)c1ccc(Cl)cc1. The van der Waals surface area contributed by atoms with Crippen LogP contribution in [0.3, 0.4) is 0 Å². The molecule has 0 N–H and O–H groups in total. The van der Waals surface area contributed by atoms with E-state index in [2.05, 4.69) is 5.10 Å². The summed E-state index contributed by atoms with van der Waals surface area (Å²) < 4.78 is 27.4. The molecule has 114 valence electrons. The van der Waals surface area contributed by atoms with Crippen molar-refractivity contribution in [3.05, 3.63) is 45.2 Å². The van der Waals surface area contributed by atoms with E-state index in [4.69, 9.17) is 34.8 Å². The lowest BCUT2D eigenvalue weighted by molar-refractivity contribution is 0.460. The average Bonchev–Trinajstić information content (AvgIpc) is 2.67. The third-order valence-electron chi connectivity index (χ3n) is 2.88. The molecule has 0 atom stereocenters. The van der Waals surface area contributed by atoms with E-state index in [0.29, 0.717) is 10.7 Å². The van der Waals surface area contributed by atoms with Crippen LogP contribution < -0.4 is 0 Å². The summed E-state index contributed by atoms with van der Waals surface area (Å²) in [5.74, 6) is 0. The number of aryl methyl sites for hydroxylation is 1. The molecule has 2 rings (SSSR count). The molecule has 0 amide bonds. The van der Waals surface area contributed by atoms with Crippen molar-refractivity contribution in [2.75, 3.05) is 7.05 Å². The fourth-order valence-electron chi connectivity index (χ4n) is 1.71. The van der Waals surface area contributed by atoms with Crippen LogP contribution in [0.15, 0.2) is 29.2 Å². The summed E-state index contributed by atoms with van der Waals surface area (Å²) in [4.78, 5) is 0.146. The maximum absolute atomic E-state index is 12.4. The Hall–Kier alpha value is -0.790. The van der Waals surface area contributed by atoms with Gasteiger partial charge in [0.2, 0.25) is 10.0 Å². The quantitative estimate of drug-likeness (QED) is 0.832. The Bertz CT molecular complexity index is 757. The summed E-state index contributed by atoms with van der Waals surface area (Å²) >= 11 is 17.7. The van der Waals surface area contributed by atoms with Crippen LogP contribution in [0.25, 0.3) is 0 Å². The van der Waals surface area contributed by atoms with Crippen molar-refractivity contribution in [1.29, 1.82) is 0 Å². The van der Waals surface area contributed by atoms with E-state index in [-0.39, 0.29) is 21.6 Å². The molecule has 0 saturated heterocycles. The first-order valence-electron chi connectivity index (χ1n) is 5.82. The lowest BCUT2D eigenvalue weighted by atomic mass is 10.4. The van der Waals surface area contributed by atoms with Crippen LogP contribution in [0.1, 0.15) is 5.69 Å². The Morgan fingerprint density at radius 1 is 1.19 bits per heavy atom. The van der Waals surface area contributed by atoms with E-state index in [0.717, 1.165) is 4.31 Å². The van der Waals surface area contributed by atoms with Crippen molar-refractivity contribution in [3.63, 3.8) is 0 Å². The molecule has 0 aliphatic rings. The molecule has 0 saturated carbocycles. The molecule has 0 spiro atoms. The van der Waals surface area contributed by atoms with Crippen molar-refractivity contribution in [1.82, 2.24) is 14.1 Å².